The van der Waals surface area contributed by atoms with Gasteiger partial charge in [-0.3, -0.25) is 0 Å². The summed E-state index contributed by atoms with van der Waals surface area (Å²) in [6.07, 6.45) is 2.07. The van der Waals surface area contributed by atoms with Gasteiger partial charge in [-0.15, -0.1) is 5.06 Å². The van der Waals surface area contributed by atoms with Crippen LogP contribution in [0.2, 0.25) is 0 Å². The summed E-state index contributed by atoms with van der Waals surface area (Å²) in [7, 11) is 0. The lowest BCUT2D eigenvalue weighted by Crippen LogP contribution is -2.30. The molecule has 17 heavy (non-hydrogen) atoms. The third-order valence-electron chi connectivity index (χ3n) is 3.29. The predicted molar refractivity (Wildman–Crippen MR) is 65.9 cm³/mol. The van der Waals surface area contributed by atoms with E-state index in [9.17, 15) is 4.79 Å². The van der Waals surface area contributed by atoms with E-state index in [1.807, 2.05) is 30.2 Å². The first-order valence-corrected chi connectivity index (χ1v) is 6.24. The van der Waals surface area contributed by atoms with Gasteiger partial charge in [0.05, 0.1) is 18.5 Å². The van der Waals surface area contributed by atoms with E-state index >= 15 is 0 Å². The van der Waals surface area contributed by atoms with Gasteiger partial charge in [-0.2, -0.15) is 0 Å². The average molecular weight is 233 g/mol. The Morgan fingerprint density at radius 1 is 1.29 bits per heavy atom. The van der Waals surface area contributed by atoms with Crippen LogP contribution >= 0.6 is 0 Å². The molecule has 3 heteroatoms. The Morgan fingerprint density at radius 3 is 2.65 bits per heavy atom. The van der Waals surface area contributed by atoms with Crippen LogP contribution in [0.4, 0.5) is 0 Å². The second-order valence-corrected chi connectivity index (χ2v) is 4.62. The molecule has 3 nitrogen and oxygen atoms in total. The van der Waals surface area contributed by atoms with E-state index in [-0.39, 0.29) is 17.9 Å². The quantitative estimate of drug-likeness (QED) is 0.801. The maximum absolute atomic E-state index is 11.6. The monoisotopic (exact) mass is 233 g/mol. The number of benzene rings is 1. The molecule has 0 N–H and O–H groups in total. The Morgan fingerprint density at radius 2 is 2.00 bits per heavy atom. The molecule has 0 saturated carbocycles. The second-order valence-electron chi connectivity index (χ2n) is 4.62. The second kappa shape index (κ2) is 5.32. The topological polar surface area (TPSA) is 29.5 Å². The van der Waals surface area contributed by atoms with E-state index in [4.69, 9.17) is 4.84 Å². The SMILES string of the molecule is CCC[C@@H]1[C@@H](C)C(=O)ON1Cc1ccccc1. The van der Waals surface area contributed by atoms with Gasteiger partial charge in [0.25, 0.3) is 0 Å². The molecule has 0 amide bonds. The first-order valence-electron chi connectivity index (χ1n) is 6.24. The van der Waals surface area contributed by atoms with Crippen LogP contribution in [0, 0.1) is 5.92 Å². The first kappa shape index (κ1) is 12.1. The van der Waals surface area contributed by atoms with Crippen LogP contribution in [0.3, 0.4) is 0 Å². The summed E-state index contributed by atoms with van der Waals surface area (Å²) in [6, 6.07) is 10.3. The number of nitrogens with zero attached hydrogens (tertiary/aromatic N) is 1. The van der Waals surface area contributed by atoms with Crippen LogP contribution in [-0.4, -0.2) is 17.1 Å². The maximum atomic E-state index is 11.6. The summed E-state index contributed by atoms with van der Waals surface area (Å²) in [4.78, 5) is 16.9. The van der Waals surface area contributed by atoms with Crippen molar-refractivity contribution in [2.75, 3.05) is 0 Å². The highest BCUT2D eigenvalue weighted by Crippen LogP contribution is 2.27. The standard InChI is InChI=1S/C14H19NO2/c1-3-7-13-11(2)14(16)17-15(13)10-12-8-5-4-6-9-12/h4-6,8-9,11,13H,3,7,10H2,1-2H3/t11-,13-/m1/s1. The van der Waals surface area contributed by atoms with Crippen LogP contribution in [0.1, 0.15) is 32.3 Å². The third kappa shape index (κ3) is 2.67. The number of carbonyl (C=O) groups excluding carboxylic acids is 1. The van der Waals surface area contributed by atoms with Gasteiger partial charge < -0.3 is 4.84 Å². The van der Waals surface area contributed by atoms with Crippen LogP contribution in [0.15, 0.2) is 30.3 Å². The molecular weight excluding hydrogens is 214 g/mol. The van der Waals surface area contributed by atoms with Gasteiger partial charge in [-0.25, -0.2) is 4.79 Å². The van der Waals surface area contributed by atoms with Gasteiger partial charge in [0.1, 0.15) is 0 Å². The molecule has 2 atom stereocenters. The van der Waals surface area contributed by atoms with Gasteiger partial charge in [0.15, 0.2) is 0 Å². The molecule has 0 bridgehead atoms. The van der Waals surface area contributed by atoms with Crippen LogP contribution in [0.25, 0.3) is 0 Å². The molecule has 1 saturated heterocycles. The maximum Gasteiger partial charge on any atom is 0.329 e. The molecule has 0 aromatic heterocycles. The normalized spacial score (nSPS) is 24.9. The third-order valence-corrected chi connectivity index (χ3v) is 3.29. The van der Waals surface area contributed by atoms with E-state index in [1.165, 1.54) is 5.56 Å². The highest BCUT2D eigenvalue weighted by molar-refractivity contribution is 5.74. The minimum atomic E-state index is -0.0978. The summed E-state index contributed by atoms with van der Waals surface area (Å²) in [5.74, 6) is -0.113. The van der Waals surface area contributed by atoms with Crippen molar-refractivity contribution in [1.82, 2.24) is 5.06 Å². The molecule has 1 aliphatic heterocycles. The number of hydroxylamine groups is 2. The Hall–Kier alpha value is -1.35. The molecule has 0 aliphatic carbocycles. The number of hydrogen-bond acceptors (Lipinski definition) is 3. The summed E-state index contributed by atoms with van der Waals surface area (Å²) in [6.45, 7) is 4.77. The smallest absolute Gasteiger partial charge is 0.329 e. The van der Waals surface area contributed by atoms with Crippen molar-refractivity contribution < 1.29 is 9.63 Å². The number of rotatable bonds is 4. The van der Waals surface area contributed by atoms with E-state index in [2.05, 4.69) is 19.1 Å². The Labute approximate surface area is 102 Å². The van der Waals surface area contributed by atoms with Crippen molar-refractivity contribution in [3.63, 3.8) is 0 Å². The molecule has 0 unspecified atom stereocenters. The summed E-state index contributed by atoms with van der Waals surface area (Å²) in [5.41, 5.74) is 1.18. The minimum absolute atomic E-state index is 0.0151. The average Bonchev–Trinajstić information content (AvgIpc) is 2.59. The van der Waals surface area contributed by atoms with Crippen LogP contribution in [-0.2, 0) is 16.2 Å². The first-order chi connectivity index (χ1) is 8.22. The largest absolute Gasteiger partial charge is 0.367 e. The molecule has 1 aromatic carbocycles. The Balaban J connectivity index is 2.07. The fraction of sp³-hybridized carbons (Fsp3) is 0.500. The zero-order valence-electron chi connectivity index (χ0n) is 10.4. The fourth-order valence-electron chi connectivity index (χ4n) is 2.28. The molecule has 1 aromatic rings. The fourth-order valence-corrected chi connectivity index (χ4v) is 2.28. The van der Waals surface area contributed by atoms with Crippen molar-refractivity contribution in [2.24, 2.45) is 5.92 Å². The van der Waals surface area contributed by atoms with Crippen LogP contribution < -0.4 is 0 Å². The van der Waals surface area contributed by atoms with Gasteiger partial charge >= 0.3 is 5.97 Å². The molecule has 1 heterocycles. The summed E-state index contributed by atoms with van der Waals surface area (Å²) >= 11 is 0. The van der Waals surface area contributed by atoms with Gasteiger partial charge in [-0.05, 0) is 12.0 Å². The van der Waals surface area contributed by atoms with E-state index in [0.29, 0.717) is 6.54 Å². The summed E-state index contributed by atoms with van der Waals surface area (Å²) < 4.78 is 0. The zero-order valence-corrected chi connectivity index (χ0v) is 10.4. The molecule has 1 fully saturated rings. The Kier molecular flexibility index (Phi) is 3.79. The predicted octanol–water partition coefficient (Wildman–Crippen LogP) is 2.77. The van der Waals surface area contributed by atoms with Crippen molar-refractivity contribution >= 4 is 5.97 Å². The van der Waals surface area contributed by atoms with Crippen LogP contribution in [0.5, 0.6) is 0 Å². The molecule has 0 radical (unpaired) electrons. The van der Waals surface area contributed by atoms with E-state index < -0.39 is 0 Å². The Bertz CT molecular complexity index is 377. The zero-order chi connectivity index (χ0) is 12.3. The molecular formula is C14H19NO2. The lowest BCUT2D eigenvalue weighted by atomic mass is 9.98. The molecule has 2 rings (SSSR count). The lowest BCUT2D eigenvalue weighted by molar-refractivity contribution is -0.178. The van der Waals surface area contributed by atoms with Crippen molar-refractivity contribution in [1.29, 1.82) is 0 Å². The van der Waals surface area contributed by atoms with Gasteiger partial charge in [-0.1, -0.05) is 50.6 Å². The molecule has 92 valence electrons. The highest BCUT2D eigenvalue weighted by Gasteiger charge is 2.39. The summed E-state index contributed by atoms with van der Waals surface area (Å²) in [5, 5.41) is 1.84. The lowest BCUT2D eigenvalue weighted by Gasteiger charge is -2.22. The molecule has 1 aliphatic rings. The minimum Gasteiger partial charge on any atom is -0.367 e. The van der Waals surface area contributed by atoms with Crippen molar-refractivity contribution in [2.45, 2.75) is 39.3 Å². The van der Waals surface area contributed by atoms with Gasteiger partial charge in [0.2, 0.25) is 0 Å². The van der Waals surface area contributed by atoms with Crippen molar-refractivity contribution in [3.8, 4) is 0 Å². The highest BCUT2D eigenvalue weighted by atomic mass is 16.7. The van der Waals surface area contributed by atoms with E-state index in [0.717, 1.165) is 12.8 Å². The molecule has 0 spiro atoms. The van der Waals surface area contributed by atoms with E-state index in [1.54, 1.807) is 0 Å². The number of carbonyl (C=O) groups is 1. The number of hydrogen-bond donors (Lipinski definition) is 0. The van der Waals surface area contributed by atoms with Gasteiger partial charge in [0, 0.05) is 0 Å². The van der Waals surface area contributed by atoms with Crippen molar-refractivity contribution in [3.05, 3.63) is 35.9 Å².